The predicted octanol–water partition coefficient (Wildman–Crippen LogP) is 1.72. The highest BCUT2D eigenvalue weighted by atomic mass is 35.5. The first kappa shape index (κ1) is 10.9. The lowest BCUT2D eigenvalue weighted by molar-refractivity contribution is 0.0981. The molecule has 14 heavy (non-hydrogen) atoms. The second-order valence-electron chi connectivity index (χ2n) is 2.72. The molecule has 1 aromatic rings. The van der Waals surface area contributed by atoms with Crippen molar-refractivity contribution in [2.45, 2.75) is 6.42 Å². The van der Waals surface area contributed by atoms with Gasteiger partial charge in [0.25, 0.3) is 0 Å². The number of nitrogens with two attached hydrogens (primary N) is 1. The summed E-state index contributed by atoms with van der Waals surface area (Å²) in [6.45, 7) is 0.115. The van der Waals surface area contributed by atoms with Crippen LogP contribution in [-0.4, -0.2) is 17.4 Å². The lowest BCUT2D eigenvalue weighted by Crippen LogP contribution is -2.10. The van der Waals surface area contributed by atoms with Gasteiger partial charge in [-0.3, -0.25) is 4.79 Å². The van der Waals surface area contributed by atoms with Gasteiger partial charge in [-0.1, -0.05) is 11.6 Å². The van der Waals surface area contributed by atoms with E-state index in [2.05, 4.69) is 0 Å². The lowest BCUT2D eigenvalue weighted by atomic mass is 10.1. The van der Waals surface area contributed by atoms with Crippen molar-refractivity contribution >= 4 is 17.4 Å². The Morgan fingerprint density at radius 1 is 1.57 bits per heavy atom. The summed E-state index contributed by atoms with van der Waals surface area (Å²) in [7, 11) is 0. The molecule has 0 aliphatic carbocycles. The van der Waals surface area contributed by atoms with Crippen molar-refractivity contribution in [1.82, 2.24) is 0 Å². The second-order valence-corrected chi connectivity index (χ2v) is 3.12. The van der Waals surface area contributed by atoms with Gasteiger partial charge >= 0.3 is 0 Å². The van der Waals surface area contributed by atoms with Crippen molar-refractivity contribution in [2.24, 2.45) is 5.73 Å². The second kappa shape index (κ2) is 4.39. The standard InChI is InChI=1S/C9H9ClFNO2/c10-5-1-2-7(14)9(11)8(5)6(13)3-4-12/h1-2,14H,3-4,12H2. The summed E-state index contributed by atoms with van der Waals surface area (Å²) in [4.78, 5) is 11.3. The molecule has 0 saturated heterocycles. The van der Waals surface area contributed by atoms with Gasteiger partial charge in [0.15, 0.2) is 17.3 Å². The Labute approximate surface area is 85.3 Å². The van der Waals surface area contributed by atoms with Crippen LogP contribution in [0.15, 0.2) is 12.1 Å². The van der Waals surface area contributed by atoms with Crippen molar-refractivity contribution in [3.8, 4) is 5.75 Å². The van der Waals surface area contributed by atoms with Gasteiger partial charge in [-0.2, -0.15) is 0 Å². The monoisotopic (exact) mass is 217 g/mol. The van der Waals surface area contributed by atoms with E-state index in [0.717, 1.165) is 6.07 Å². The van der Waals surface area contributed by atoms with Gasteiger partial charge in [-0.25, -0.2) is 4.39 Å². The van der Waals surface area contributed by atoms with Crippen LogP contribution >= 0.6 is 11.6 Å². The van der Waals surface area contributed by atoms with Crippen molar-refractivity contribution in [3.63, 3.8) is 0 Å². The Bertz CT molecular complexity index is 368. The molecular weight excluding hydrogens is 209 g/mol. The summed E-state index contributed by atoms with van der Waals surface area (Å²) >= 11 is 5.62. The van der Waals surface area contributed by atoms with Gasteiger partial charge in [0, 0.05) is 6.42 Å². The third-order valence-electron chi connectivity index (χ3n) is 1.72. The number of hydrogen-bond donors (Lipinski definition) is 2. The first-order valence-corrected chi connectivity index (χ1v) is 4.36. The molecule has 3 nitrogen and oxygen atoms in total. The Balaban J connectivity index is 3.18. The van der Waals surface area contributed by atoms with Crippen LogP contribution in [0, 0.1) is 5.82 Å². The Hall–Kier alpha value is -1.13. The largest absolute Gasteiger partial charge is 0.505 e. The number of rotatable bonds is 3. The van der Waals surface area contributed by atoms with Gasteiger partial charge in [-0.05, 0) is 18.7 Å². The Morgan fingerprint density at radius 3 is 2.79 bits per heavy atom. The van der Waals surface area contributed by atoms with E-state index in [1.54, 1.807) is 0 Å². The van der Waals surface area contributed by atoms with Crippen molar-refractivity contribution in [1.29, 1.82) is 0 Å². The van der Waals surface area contributed by atoms with E-state index in [9.17, 15) is 9.18 Å². The first-order chi connectivity index (χ1) is 6.57. The molecule has 0 bridgehead atoms. The van der Waals surface area contributed by atoms with Gasteiger partial charge in [0.2, 0.25) is 0 Å². The number of halogens is 2. The van der Waals surface area contributed by atoms with E-state index in [-0.39, 0.29) is 23.6 Å². The van der Waals surface area contributed by atoms with Crippen LogP contribution < -0.4 is 5.73 Å². The molecule has 0 fully saturated rings. The van der Waals surface area contributed by atoms with Gasteiger partial charge in [0.1, 0.15) is 0 Å². The number of benzene rings is 1. The maximum absolute atomic E-state index is 13.2. The number of aromatic hydroxyl groups is 1. The normalized spacial score (nSPS) is 10.2. The fraction of sp³-hybridized carbons (Fsp3) is 0.222. The molecule has 5 heteroatoms. The summed E-state index contributed by atoms with van der Waals surface area (Å²) in [5.74, 6) is -2.09. The molecule has 76 valence electrons. The number of phenols is 1. The smallest absolute Gasteiger partial charge is 0.177 e. The molecule has 1 aromatic carbocycles. The van der Waals surface area contributed by atoms with Crippen LogP contribution in [0.4, 0.5) is 4.39 Å². The molecule has 0 amide bonds. The zero-order valence-electron chi connectivity index (χ0n) is 7.26. The molecule has 0 unspecified atom stereocenters. The van der Waals surface area contributed by atoms with Crippen molar-refractivity contribution < 1.29 is 14.3 Å². The number of carbonyl (C=O) groups excluding carboxylic acids is 1. The minimum Gasteiger partial charge on any atom is -0.505 e. The molecule has 0 radical (unpaired) electrons. The zero-order chi connectivity index (χ0) is 10.7. The zero-order valence-corrected chi connectivity index (χ0v) is 8.01. The molecule has 3 N–H and O–H groups in total. The summed E-state index contributed by atoms with van der Waals surface area (Å²) in [5, 5.41) is 9.01. The van der Waals surface area contributed by atoms with Gasteiger partial charge < -0.3 is 10.8 Å². The van der Waals surface area contributed by atoms with Crippen LogP contribution in [0.3, 0.4) is 0 Å². The quantitative estimate of drug-likeness (QED) is 0.758. The number of phenolic OH excluding ortho intramolecular Hbond substituents is 1. The lowest BCUT2D eigenvalue weighted by Gasteiger charge is -2.05. The summed E-state index contributed by atoms with van der Waals surface area (Å²) in [6.07, 6.45) is 0.0000926. The highest BCUT2D eigenvalue weighted by Crippen LogP contribution is 2.27. The van der Waals surface area contributed by atoms with Crippen LogP contribution in [0.5, 0.6) is 5.75 Å². The number of Topliss-reactive ketones (excluding diaryl/α,β-unsaturated/α-hetero) is 1. The Kier molecular flexibility index (Phi) is 3.43. The van der Waals surface area contributed by atoms with Gasteiger partial charge in [-0.15, -0.1) is 0 Å². The minimum atomic E-state index is -0.990. The molecule has 0 aromatic heterocycles. The number of hydrogen-bond acceptors (Lipinski definition) is 3. The minimum absolute atomic E-state index is 0.0000926. The SMILES string of the molecule is NCCC(=O)c1c(Cl)ccc(O)c1F. The van der Waals surface area contributed by atoms with Crippen molar-refractivity contribution in [2.75, 3.05) is 6.54 Å². The van der Waals surface area contributed by atoms with Crippen LogP contribution in [0.1, 0.15) is 16.8 Å². The van der Waals surface area contributed by atoms with Crippen LogP contribution in [0.2, 0.25) is 5.02 Å². The highest BCUT2D eigenvalue weighted by molar-refractivity contribution is 6.34. The maximum Gasteiger partial charge on any atom is 0.177 e. The van der Waals surface area contributed by atoms with E-state index in [4.69, 9.17) is 22.4 Å². The maximum atomic E-state index is 13.2. The molecule has 0 aliphatic heterocycles. The van der Waals surface area contributed by atoms with E-state index >= 15 is 0 Å². The van der Waals surface area contributed by atoms with E-state index in [0.29, 0.717) is 0 Å². The third kappa shape index (κ3) is 2.02. The fourth-order valence-corrected chi connectivity index (χ4v) is 1.30. The molecule has 0 heterocycles. The molecular formula is C9H9ClFNO2. The Morgan fingerprint density at radius 2 is 2.21 bits per heavy atom. The van der Waals surface area contributed by atoms with E-state index in [1.165, 1.54) is 6.07 Å². The van der Waals surface area contributed by atoms with Gasteiger partial charge in [0.05, 0.1) is 10.6 Å². The summed E-state index contributed by atoms with van der Waals surface area (Å²) < 4.78 is 13.2. The number of ketones is 1. The molecule has 1 rings (SSSR count). The number of carbonyl (C=O) groups is 1. The average Bonchev–Trinajstić information content (AvgIpc) is 2.13. The van der Waals surface area contributed by atoms with Crippen LogP contribution in [-0.2, 0) is 0 Å². The van der Waals surface area contributed by atoms with E-state index in [1.807, 2.05) is 0 Å². The van der Waals surface area contributed by atoms with E-state index < -0.39 is 17.3 Å². The molecule has 0 saturated carbocycles. The first-order valence-electron chi connectivity index (χ1n) is 3.98. The summed E-state index contributed by atoms with van der Waals surface area (Å²) in [5.41, 5.74) is 4.86. The topological polar surface area (TPSA) is 63.3 Å². The highest BCUT2D eigenvalue weighted by Gasteiger charge is 2.18. The predicted molar refractivity (Wildman–Crippen MR) is 51.1 cm³/mol. The summed E-state index contributed by atoms with van der Waals surface area (Å²) in [6, 6.07) is 2.36. The van der Waals surface area contributed by atoms with Crippen molar-refractivity contribution in [3.05, 3.63) is 28.5 Å². The molecule has 0 aliphatic rings. The fourth-order valence-electron chi connectivity index (χ4n) is 1.05. The average molecular weight is 218 g/mol. The molecule has 0 spiro atoms. The van der Waals surface area contributed by atoms with Crippen LogP contribution in [0.25, 0.3) is 0 Å². The third-order valence-corrected chi connectivity index (χ3v) is 2.04. The molecule has 0 atom stereocenters.